The maximum Gasteiger partial charge on any atom is 0.231 e. The molecular formula is C23H25N5O3. The van der Waals surface area contributed by atoms with Gasteiger partial charge in [-0.3, -0.25) is 0 Å². The number of aliphatic hydroxyl groups is 2. The monoisotopic (exact) mass is 419 g/mol. The molecule has 0 amide bonds. The van der Waals surface area contributed by atoms with Crippen LogP contribution in [0, 0.1) is 0 Å². The van der Waals surface area contributed by atoms with Gasteiger partial charge in [0.05, 0.1) is 18.8 Å². The van der Waals surface area contributed by atoms with Gasteiger partial charge in [0, 0.05) is 25.2 Å². The molecule has 2 aromatic carbocycles. The Morgan fingerprint density at radius 2 is 1.77 bits per heavy atom. The predicted octanol–water partition coefficient (Wildman–Crippen LogP) is 1.74. The largest absolute Gasteiger partial charge is 0.508 e. The van der Waals surface area contributed by atoms with Crippen LogP contribution in [0.25, 0.3) is 11.4 Å². The van der Waals surface area contributed by atoms with E-state index in [-0.39, 0.29) is 18.4 Å². The lowest BCUT2D eigenvalue weighted by atomic mass is 9.94. The number of phenolic OH excluding ortho intramolecular Hbond substituents is 1. The summed E-state index contributed by atoms with van der Waals surface area (Å²) in [6, 6.07) is 14.9. The summed E-state index contributed by atoms with van der Waals surface area (Å²) in [6.07, 6.45) is 0.965. The topological polar surface area (TPSA) is 106 Å². The van der Waals surface area contributed by atoms with E-state index in [1.807, 2.05) is 28.0 Å². The number of rotatable bonds is 4. The number of benzene rings is 2. The van der Waals surface area contributed by atoms with Gasteiger partial charge in [-0.25, -0.2) is 0 Å². The van der Waals surface area contributed by atoms with Crippen LogP contribution < -0.4 is 9.80 Å². The quantitative estimate of drug-likeness (QED) is 0.587. The molecule has 3 N–H and O–H groups in total. The number of aliphatic hydroxyl groups excluding tert-OH is 2. The Bertz CT molecular complexity index is 1090. The Hall–Kier alpha value is -3.23. The number of aromatic hydroxyl groups is 1. The molecule has 1 fully saturated rings. The summed E-state index contributed by atoms with van der Waals surface area (Å²) in [6.45, 7) is 1.71. The Balaban J connectivity index is 1.59. The lowest BCUT2D eigenvalue weighted by Crippen LogP contribution is -2.44. The van der Waals surface area contributed by atoms with E-state index in [0.29, 0.717) is 55.8 Å². The van der Waals surface area contributed by atoms with E-state index >= 15 is 0 Å². The summed E-state index contributed by atoms with van der Waals surface area (Å²) in [5.74, 6) is 1.57. The first kappa shape index (κ1) is 19.7. The third-order valence-corrected chi connectivity index (χ3v) is 5.99. The van der Waals surface area contributed by atoms with E-state index in [1.54, 1.807) is 18.2 Å². The highest BCUT2D eigenvalue weighted by Crippen LogP contribution is 2.30. The molecule has 2 aliphatic rings. The Labute approximate surface area is 180 Å². The minimum atomic E-state index is -0.406. The summed E-state index contributed by atoms with van der Waals surface area (Å²) in [5.41, 5.74) is 3.09. The molecule has 31 heavy (non-hydrogen) atoms. The van der Waals surface area contributed by atoms with Crippen LogP contribution in [0.1, 0.15) is 17.5 Å². The predicted molar refractivity (Wildman–Crippen MR) is 117 cm³/mol. The molecule has 3 aromatic rings. The highest BCUT2D eigenvalue weighted by molar-refractivity contribution is 5.61. The first-order chi connectivity index (χ1) is 15.1. The second kappa shape index (κ2) is 8.13. The van der Waals surface area contributed by atoms with Gasteiger partial charge in [-0.05, 0) is 36.1 Å². The van der Waals surface area contributed by atoms with Crippen LogP contribution in [-0.4, -0.2) is 62.1 Å². The van der Waals surface area contributed by atoms with Gasteiger partial charge < -0.3 is 25.1 Å². The molecule has 2 atom stereocenters. The van der Waals surface area contributed by atoms with Crippen LogP contribution in [0.5, 0.6) is 5.75 Å². The second-order valence-corrected chi connectivity index (χ2v) is 8.13. The van der Waals surface area contributed by atoms with Crippen molar-refractivity contribution in [1.29, 1.82) is 0 Å². The summed E-state index contributed by atoms with van der Waals surface area (Å²) in [7, 11) is 0. The molecule has 2 aliphatic heterocycles. The maximum absolute atomic E-state index is 10.1. The molecular weight excluding hydrogens is 394 g/mol. The molecule has 1 saturated heterocycles. The van der Waals surface area contributed by atoms with Gasteiger partial charge in [-0.15, -0.1) is 0 Å². The van der Waals surface area contributed by atoms with Crippen molar-refractivity contribution >= 4 is 11.9 Å². The molecule has 0 radical (unpaired) electrons. The maximum atomic E-state index is 10.1. The zero-order valence-corrected chi connectivity index (χ0v) is 17.1. The molecule has 0 bridgehead atoms. The number of hydrogen-bond donors (Lipinski definition) is 3. The zero-order valence-electron chi connectivity index (χ0n) is 17.1. The van der Waals surface area contributed by atoms with Gasteiger partial charge in [0.2, 0.25) is 11.9 Å². The van der Waals surface area contributed by atoms with Crippen LogP contribution in [0.2, 0.25) is 0 Å². The van der Waals surface area contributed by atoms with Crippen molar-refractivity contribution in [3.05, 3.63) is 59.7 Å². The number of fused-ring (bicyclic) bond motifs is 1. The number of anilines is 2. The molecule has 3 heterocycles. The third kappa shape index (κ3) is 3.92. The molecule has 8 nitrogen and oxygen atoms in total. The normalized spacial score (nSPS) is 20.7. The van der Waals surface area contributed by atoms with E-state index in [1.165, 1.54) is 11.1 Å². The molecule has 5 rings (SSSR count). The summed E-state index contributed by atoms with van der Waals surface area (Å²) in [4.78, 5) is 18.1. The molecule has 0 aliphatic carbocycles. The number of phenols is 1. The summed E-state index contributed by atoms with van der Waals surface area (Å²) in [5, 5.41) is 30.0. The van der Waals surface area contributed by atoms with Crippen molar-refractivity contribution in [3.8, 4) is 17.1 Å². The molecule has 1 unspecified atom stereocenters. The van der Waals surface area contributed by atoms with Crippen molar-refractivity contribution in [2.45, 2.75) is 31.5 Å². The molecule has 160 valence electrons. The van der Waals surface area contributed by atoms with E-state index in [4.69, 9.17) is 9.97 Å². The van der Waals surface area contributed by atoms with Crippen LogP contribution in [0.3, 0.4) is 0 Å². The molecule has 1 aromatic heterocycles. The van der Waals surface area contributed by atoms with Crippen molar-refractivity contribution in [2.24, 2.45) is 0 Å². The fourth-order valence-electron chi connectivity index (χ4n) is 4.31. The van der Waals surface area contributed by atoms with Crippen molar-refractivity contribution in [1.82, 2.24) is 15.0 Å². The molecule has 0 saturated carbocycles. The second-order valence-electron chi connectivity index (χ2n) is 8.13. The smallest absolute Gasteiger partial charge is 0.231 e. The van der Waals surface area contributed by atoms with Gasteiger partial charge >= 0.3 is 0 Å². The Morgan fingerprint density at radius 3 is 2.52 bits per heavy atom. The average molecular weight is 419 g/mol. The Morgan fingerprint density at radius 1 is 0.968 bits per heavy atom. The third-order valence-electron chi connectivity index (χ3n) is 5.99. The van der Waals surface area contributed by atoms with Gasteiger partial charge in [-0.1, -0.05) is 36.4 Å². The van der Waals surface area contributed by atoms with Crippen molar-refractivity contribution in [2.75, 3.05) is 29.5 Å². The Kier molecular flexibility index (Phi) is 5.17. The summed E-state index contributed by atoms with van der Waals surface area (Å²) < 4.78 is 0. The highest BCUT2D eigenvalue weighted by atomic mass is 16.3. The van der Waals surface area contributed by atoms with E-state index in [2.05, 4.69) is 17.1 Å². The first-order valence-corrected chi connectivity index (χ1v) is 10.5. The molecule has 0 spiro atoms. The lowest BCUT2D eigenvalue weighted by molar-refractivity contribution is 0.198. The first-order valence-electron chi connectivity index (χ1n) is 10.5. The number of β-amino-alcohol motifs (C(OH)–C–C–N with tert-alkyl or cyclic N) is 1. The fraction of sp³-hybridized carbons (Fsp3) is 0.348. The number of hydrogen-bond acceptors (Lipinski definition) is 8. The van der Waals surface area contributed by atoms with Crippen molar-refractivity contribution in [3.63, 3.8) is 0 Å². The number of nitrogens with zero attached hydrogens (tertiary/aromatic N) is 5. The SMILES string of the molecule is OC[C@H]1Cc2ccccc2CN1c1nc(-c2cccc(O)c2)nc(N2CCC(O)C2)n1. The van der Waals surface area contributed by atoms with Gasteiger partial charge in [0.25, 0.3) is 0 Å². The van der Waals surface area contributed by atoms with E-state index in [0.717, 1.165) is 0 Å². The lowest BCUT2D eigenvalue weighted by Gasteiger charge is -2.36. The minimum Gasteiger partial charge on any atom is -0.508 e. The van der Waals surface area contributed by atoms with E-state index in [9.17, 15) is 15.3 Å². The van der Waals surface area contributed by atoms with Crippen LogP contribution >= 0.6 is 0 Å². The summed E-state index contributed by atoms with van der Waals surface area (Å²) >= 11 is 0. The van der Waals surface area contributed by atoms with Gasteiger partial charge in [-0.2, -0.15) is 15.0 Å². The highest BCUT2D eigenvalue weighted by Gasteiger charge is 2.30. The zero-order chi connectivity index (χ0) is 21.4. The van der Waals surface area contributed by atoms with Crippen molar-refractivity contribution < 1.29 is 15.3 Å². The van der Waals surface area contributed by atoms with Gasteiger partial charge in [0.1, 0.15) is 5.75 Å². The van der Waals surface area contributed by atoms with Crippen LogP contribution in [0.4, 0.5) is 11.9 Å². The van der Waals surface area contributed by atoms with E-state index < -0.39 is 6.10 Å². The fourth-order valence-corrected chi connectivity index (χ4v) is 4.31. The standard InChI is InChI=1S/C23H25N5O3/c29-14-18-10-15-4-1-2-5-17(15)12-28(18)23-25-21(16-6-3-7-19(30)11-16)24-22(26-23)27-9-8-20(31)13-27/h1-7,11,18,20,29-31H,8-10,12-14H2/t18-,20?/m1/s1. The molecule has 8 heteroatoms. The van der Waals surface area contributed by atoms with Crippen LogP contribution in [-0.2, 0) is 13.0 Å². The van der Waals surface area contributed by atoms with Crippen LogP contribution in [0.15, 0.2) is 48.5 Å². The van der Waals surface area contributed by atoms with Gasteiger partial charge in [0.15, 0.2) is 5.82 Å². The average Bonchev–Trinajstić information content (AvgIpc) is 3.24. The number of aromatic nitrogens is 3. The minimum absolute atomic E-state index is 0.0146.